The largest absolute Gasteiger partial charge is 0.352 e. The van der Waals surface area contributed by atoms with Gasteiger partial charge in [-0.05, 0) is 40.4 Å². The van der Waals surface area contributed by atoms with E-state index >= 15 is 0 Å². The number of hydrogen-bond acceptors (Lipinski definition) is 4. The molecule has 1 aliphatic rings. The SMILES string of the molecule is CCNCc1c(C)nn(C)c1N1CCCC1CN(C)C. The molecule has 0 bridgehead atoms. The molecule has 0 saturated carbocycles. The molecule has 1 aromatic heterocycles. The van der Waals surface area contributed by atoms with Crippen molar-refractivity contribution < 1.29 is 0 Å². The summed E-state index contributed by atoms with van der Waals surface area (Å²) in [6.07, 6.45) is 2.56. The fourth-order valence-electron chi connectivity index (χ4n) is 3.23. The number of nitrogens with one attached hydrogen (secondary N) is 1. The molecule has 20 heavy (non-hydrogen) atoms. The van der Waals surface area contributed by atoms with Crippen LogP contribution in [-0.4, -0.2) is 54.5 Å². The van der Waals surface area contributed by atoms with Gasteiger partial charge in [-0.1, -0.05) is 6.92 Å². The van der Waals surface area contributed by atoms with Crippen molar-refractivity contribution in [3.63, 3.8) is 0 Å². The molecule has 1 N–H and O–H groups in total. The number of rotatable bonds is 6. The van der Waals surface area contributed by atoms with E-state index in [0.717, 1.165) is 31.9 Å². The third-order valence-electron chi connectivity index (χ3n) is 4.09. The summed E-state index contributed by atoms with van der Waals surface area (Å²) in [5, 5.41) is 8.09. The molecule has 5 heteroatoms. The highest BCUT2D eigenvalue weighted by Crippen LogP contribution is 2.30. The standard InChI is InChI=1S/C15H29N5/c1-6-16-10-14-12(2)17-19(5)15(14)20-9-7-8-13(20)11-18(3)4/h13,16H,6-11H2,1-5H3. The van der Waals surface area contributed by atoms with E-state index in [0.29, 0.717) is 6.04 Å². The summed E-state index contributed by atoms with van der Waals surface area (Å²) in [6.45, 7) is 8.44. The Morgan fingerprint density at radius 3 is 2.80 bits per heavy atom. The van der Waals surface area contributed by atoms with Gasteiger partial charge < -0.3 is 15.1 Å². The number of aromatic nitrogens is 2. The van der Waals surface area contributed by atoms with Crippen LogP contribution in [0.15, 0.2) is 0 Å². The van der Waals surface area contributed by atoms with Crippen molar-refractivity contribution in [3.8, 4) is 0 Å². The van der Waals surface area contributed by atoms with Crippen LogP contribution in [0, 0.1) is 6.92 Å². The molecule has 0 amide bonds. The van der Waals surface area contributed by atoms with Crippen LogP contribution in [0.3, 0.4) is 0 Å². The third-order valence-corrected chi connectivity index (χ3v) is 4.09. The van der Waals surface area contributed by atoms with Gasteiger partial charge in [0.2, 0.25) is 0 Å². The Morgan fingerprint density at radius 1 is 1.40 bits per heavy atom. The summed E-state index contributed by atoms with van der Waals surface area (Å²) in [4.78, 5) is 4.85. The van der Waals surface area contributed by atoms with Crippen LogP contribution in [-0.2, 0) is 13.6 Å². The molecule has 1 aromatic rings. The third kappa shape index (κ3) is 3.15. The zero-order chi connectivity index (χ0) is 14.7. The minimum absolute atomic E-state index is 0.611. The van der Waals surface area contributed by atoms with E-state index in [4.69, 9.17) is 0 Å². The second kappa shape index (κ2) is 6.59. The smallest absolute Gasteiger partial charge is 0.131 e. The van der Waals surface area contributed by atoms with E-state index in [1.54, 1.807) is 0 Å². The van der Waals surface area contributed by atoms with Gasteiger partial charge >= 0.3 is 0 Å². The number of aryl methyl sites for hydroxylation is 2. The van der Waals surface area contributed by atoms with Crippen molar-refractivity contribution in [3.05, 3.63) is 11.3 Å². The number of nitrogens with zero attached hydrogens (tertiary/aromatic N) is 4. The van der Waals surface area contributed by atoms with Gasteiger partial charge in [0.15, 0.2) is 0 Å². The second-order valence-corrected chi connectivity index (χ2v) is 6.04. The summed E-state index contributed by atoms with van der Waals surface area (Å²) < 4.78 is 2.07. The normalized spacial score (nSPS) is 19.3. The molecule has 2 heterocycles. The van der Waals surface area contributed by atoms with Crippen LogP contribution in [0.5, 0.6) is 0 Å². The predicted molar refractivity (Wildman–Crippen MR) is 84.2 cm³/mol. The van der Waals surface area contributed by atoms with Crippen molar-refractivity contribution in [2.45, 2.75) is 39.3 Å². The highest BCUT2D eigenvalue weighted by molar-refractivity contribution is 5.52. The molecule has 1 fully saturated rings. The maximum Gasteiger partial charge on any atom is 0.131 e. The summed E-state index contributed by atoms with van der Waals surface area (Å²) in [5.74, 6) is 1.31. The fraction of sp³-hybridized carbons (Fsp3) is 0.800. The zero-order valence-electron chi connectivity index (χ0n) is 13.6. The van der Waals surface area contributed by atoms with Gasteiger partial charge in [-0.25, -0.2) is 0 Å². The molecule has 0 radical (unpaired) electrons. The molecule has 114 valence electrons. The van der Waals surface area contributed by atoms with Gasteiger partial charge in [-0.15, -0.1) is 0 Å². The van der Waals surface area contributed by atoms with Crippen molar-refractivity contribution in [1.82, 2.24) is 20.0 Å². The molecule has 1 saturated heterocycles. The van der Waals surface area contributed by atoms with Crippen molar-refractivity contribution in [2.75, 3.05) is 38.6 Å². The van der Waals surface area contributed by atoms with Crippen LogP contribution in [0.25, 0.3) is 0 Å². The molecule has 1 aliphatic heterocycles. The first-order valence-electron chi connectivity index (χ1n) is 7.69. The minimum Gasteiger partial charge on any atom is -0.352 e. The molecule has 5 nitrogen and oxygen atoms in total. The van der Waals surface area contributed by atoms with E-state index in [1.807, 2.05) is 0 Å². The Hall–Kier alpha value is -1.07. The topological polar surface area (TPSA) is 36.3 Å². The molecule has 0 aromatic carbocycles. The van der Waals surface area contributed by atoms with Gasteiger partial charge in [0.25, 0.3) is 0 Å². The Bertz CT molecular complexity index is 438. The van der Waals surface area contributed by atoms with Crippen LogP contribution in [0.1, 0.15) is 31.0 Å². The van der Waals surface area contributed by atoms with Crippen LogP contribution in [0.2, 0.25) is 0 Å². The first kappa shape index (κ1) is 15.3. The average Bonchev–Trinajstić information content (AvgIpc) is 2.90. The summed E-state index contributed by atoms with van der Waals surface area (Å²) in [6, 6.07) is 0.611. The van der Waals surface area contributed by atoms with E-state index in [9.17, 15) is 0 Å². The highest BCUT2D eigenvalue weighted by Gasteiger charge is 2.29. The highest BCUT2D eigenvalue weighted by atomic mass is 15.4. The second-order valence-electron chi connectivity index (χ2n) is 6.04. The molecule has 0 spiro atoms. The molecule has 1 atom stereocenters. The minimum atomic E-state index is 0.611. The summed E-state index contributed by atoms with van der Waals surface area (Å²) in [5.41, 5.74) is 2.51. The first-order chi connectivity index (χ1) is 9.54. The maximum absolute atomic E-state index is 4.64. The lowest BCUT2D eigenvalue weighted by Crippen LogP contribution is -2.39. The van der Waals surface area contributed by atoms with Crippen molar-refractivity contribution >= 4 is 5.82 Å². The summed E-state index contributed by atoms with van der Waals surface area (Å²) in [7, 11) is 6.39. The molecular weight excluding hydrogens is 250 g/mol. The van der Waals surface area contributed by atoms with Gasteiger partial charge in [-0.3, -0.25) is 4.68 Å². The van der Waals surface area contributed by atoms with Crippen molar-refractivity contribution in [2.24, 2.45) is 7.05 Å². The van der Waals surface area contributed by atoms with Gasteiger partial charge in [0.1, 0.15) is 5.82 Å². The molecule has 0 aliphatic carbocycles. The van der Waals surface area contributed by atoms with Crippen molar-refractivity contribution in [1.29, 1.82) is 0 Å². The zero-order valence-corrected chi connectivity index (χ0v) is 13.6. The lowest BCUT2D eigenvalue weighted by molar-refractivity contribution is 0.370. The lowest BCUT2D eigenvalue weighted by Gasteiger charge is -2.29. The van der Waals surface area contributed by atoms with Crippen LogP contribution >= 0.6 is 0 Å². The molecule has 1 unspecified atom stereocenters. The average molecular weight is 279 g/mol. The van der Waals surface area contributed by atoms with E-state index in [2.05, 4.69) is 59.9 Å². The van der Waals surface area contributed by atoms with Gasteiger partial charge in [0, 0.05) is 38.3 Å². The predicted octanol–water partition coefficient (Wildman–Crippen LogP) is 1.37. The Labute approximate surface area is 122 Å². The Morgan fingerprint density at radius 2 is 2.15 bits per heavy atom. The van der Waals surface area contributed by atoms with E-state index < -0.39 is 0 Å². The van der Waals surface area contributed by atoms with E-state index in [1.165, 1.54) is 24.2 Å². The first-order valence-corrected chi connectivity index (χ1v) is 7.69. The quantitative estimate of drug-likeness (QED) is 0.853. The van der Waals surface area contributed by atoms with Crippen LogP contribution in [0.4, 0.5) is 5.82 Å². The summed E-state index contributed by atoms with van der Waals surface area (Å²) >= 11 is 0. The molecule has 2 rings (SSSR count). The van der Waals surface area contributed by atoms with Crippen LogP contribution < -0.4 is 10.2 Å². The number of anilines is 1. The molecular formula is C15H29N5. The fourth-order valence-corrected chi connectivity index (χ4v) is 3.23. The van der Waals surface area contributed by atoms with Gasteiger partial charge in [-0.2, -0.15) is 5.10 Å². The monoisotopic (exact) mass is 279 g/mol. The van der Waals surface area contributed by atoms with Gasteiger partial charge in [0.05, 0.1) is 5.69 Å². The maximum atomic E-state index is 4.64. The van der Waals surface area contributed by atoms with E-state index in [-0.39, 0.29) is 0 Å². The Balaban J connectivity index is 2.26. The number of hydrogen-bond donors (Lipinski definition) is 1. The lowest BCUT2D eigenvalue weighted by atomic mass is 10.2. The number of likely N-dealkylation sites (N-methyl/N-ethyl adjacent to an activating group) is 1. The Kier molecular flexibility index (Phi) is 5.05.